The molecular weight excluding hydrogens is 478 g/mol. The molecule has 1 aliphatic rings. The van der Waals surface area contributed by atoms with Gasteiger partial charge in [0.15, 0.2) is 11.5 Å². The lowest BCUT2D eigenvalue weighted by atomic mass is 10.0. The minimum absolute atomic E-state index is 0.194. The Morgan fingerprint density at radius 2 is 1.62 bits per heavy atom. The second-order valence-corrected chi connectivity index (χ2v) is 7.73. The minimum atomic E-state index is -0.559. The summed E-state index contributed by atoms with van der Waals surface area (Å²) >= 11 is 3.40. The monoisotopic (exact) mass is 501 g/mol. The molecule has 0 radical (unpaired) electrons. The van der Waals surface area contributed by atoms with E-state index in [1.165, 1.54) is 26.2 Å². The summed E-state index contributed by atoms with van der Waals surface area (Å²) in [6.45, 7) is 3.64. The molecule has 2 aromatic rings. The van der Waals surface area contributed by atoms with Crippen molar-refractivity contribution >= 4 is 39.6 Å². The quantitative estimate of drug-likeness (QED) is 0.402. The fourth-order valence-corrected chi connectivity index (χ4v) is 3.80. The number of benzene rings is 2. The van der Waals surface area contributed by atoms with E-state index in [1.807, 2.05) is 12.1 Å². The van der Waals surface area contributed by atoms with Crippen molar-refractivity contribution in [2.24, 2.45) is 0 Å². The van der Waals surface area contributed by atoms with Gasteiger partial charge < -0.3 is 18.9 Å². The summed E-state index contributed by atoms with van der Waals surface area (Å²) in [5.74, 6) is 0.418. The molecule has 0 aromatic heterocycles. The molecule has 0 unspecified atom stereocenters. The van der Waals surface area contributed by atoms with Gasteiger partial charge >= 0.3 is 5.97 Å². The standard InChI is InChI=1S/C24H24BrNO6/c1-6-32-24(28)21-14(2)26(17-9-7-16(25)8-10-17)23(27)18(21)11-15-12-19(29-3)22(31-5)20(13-15)30-4/h7-13H,6H2,1-5H3. The van der Waals surface area contributed by atoms with Crippen LogP contribution in [0.25, 0.3) is 6.08 Å². The molecule has 2 aromatic carbocycles. The Morgan fingerprint density at radius 3 is 2.12 bits per heavy atom. The van der Waals surface area contributed by atoms with Crippen LogP contribution in [0.15, 0.2) is 57.7 Å². The number of allylic oxidation sites excluding steroid dienone is 1. The third kappa shape index (κ3) is 4.36. The maximum absolute atomic E-state index is 13.5. The highest BCUT2D eigenvalue weighted by atomic mass is 79.9. The molecular formula is C24H24BrNO6. The number of anilines is 1. The van der Waals surface area contributed by atoms with Crippen LogP contribution in [0.3, 0.4) is 0 Å². The van der Waals surface area contributed by atoms with Crippen LogP contribution in [0, 0.1) is 0 Å². The second-order valence-electron chi connectivity index (χ2n) is 6.81. The number of carbonyl (C=O) groups excluding carboxylic acids is 2. The zero-order valence-corrected chi connectivity index (χ0v) is 20.1. The van der Waals surface area contributed by atoms with Crippen molar-refractivity contribution in [3.63, 3.8) is 0 Å². The van der Waals surface area contributed by atoms with E-state index in [9.17, 15) is 9.59 Å². The van der Waals surface area contributed by atoms with E-state index in [-0.39, 0.29) is 23.7 Å². The zero-order chi connectivity index (χ0) is 23.4. The van der Waals surface area contributed by atoms with Gasteiger partial charge in [-0.1, -0.05) is 15.9 Å². The molecule has 168 valence electrons. The number of ether oxygens (including phenoxy) is 4. The molecule has 1 aliphatic heterocycles. The smallest absolute Gasteiger partial charge is 0.340 e. The Kier molecular flexibility index (Phi) is 7.25. The molecule has 7 nitrogen and oxygen atoms in total. The molecule has 0 bridgehead atoms. The number of methoxy groups -OCH3 is 3. The fraction of sp³-hybridized carbons (Fsp3) is 0.250. The fourth-order valence-electron chi connectivity index (χ4n) is 3.53. The molecule has 0 saturated carbocycles. The Hall–Kier alpha value is -3.26. The number of carbonyl (C=O) groups is 2. The van der Waals surface area contributed by atoms with Crippen molar-refractivity contribution in [3.8, 4) is 17.2 Å². The third-order valence-corrected chi connectivity index (χ3v) is 5.49. The minimum Gasteiger partial charge on any atom is -0.493 e. The molecule has 1 heterocycles. The van der Waals surface area contributed by atoms with E-state index in [0.717, 1.165) is 4.47 Å². The van der Waals surface area contributed by atoms with Crippen molar-refractivity contribution in [2.75, 3.05) is 32.8 Å². The van der Waals surface area contributed by atoms with Crippen molar-refractivity contribution in [2.45, 2.75) is 13.8 Å². The first-order valence-electron chi connectivity index (χ1n) is 9.86. The van der Waals surface area contributed by atoms with Gasteiger partial charge in [0, 0.05) is 15.9 Å². The average Bonchev–Trinajstić information content (AvgIpc) is 3.03. The van der Waals surface area contributed by atoms with Gasteiger partial charge in [-0.15, -0.1) is 0 Å². The number of rotatable bonds is 7. The Balaban J connectivity index is 2.17. The third-order valence-electron chi connectivity index (χ3n) is 4.96. The summed E-state index contributed by atoms with van der Waals surface area (Å²) in [5.41, 5.74) is 2.18. The lowest BCUT2D eigenvalue weighted by molar-refractivity contribution is -0.138. The van der Waals surface area contributed by atoms with Crippen molar-refractivity contribution < 1.29 is 28.5 Å². The molecule has 1 amide bonds. The lowest BCUT2D eigenvalue weighted by Crippen LogP contribution is -2.24. The maximum atomic E-state index is 13.5. The molecule has 0 saturated heterocycles. The van der Waals surface area contributed by atoms with Gasteiger partial charge in [0.2, 0.25) is 5.75 Å². The first-order chi connectivity index (χ1) is 15.4. The number of hydrogen-bond acceptors (Lipinski definition) is 6. The van der Waals surface area contributed by atoms with Crippen LogP contribution >= 0.6 is 15.9 Å². The Labute approximate surface area is 195 Å². The van der Waals surface area contributed by atoms with Gasteiger partial charge in [0.1, 0.15) is 0 Å². The predicted molar refractivity (Wildman–Crippen MR) is 125 cm³/mol. The highest BCUT2D eigenvalue weighted by Crippen LogP contribution is 2.40. The van der Waals surface area contributed by atoms with Crippen LogP contribution in [0.5, 0.6) is 17.2 Å². The first kappa shape index (κ1) is 23.4. The van der Waals surface area contributed by atoms with E-state index in [2.05, 4.69) is 15.9 Å². The topological polar surface area (TPSA) is 74.3 Å². The van der Waals surface area contributed by atoms with Crippen LogP contribution < -0.4 is 19.1 Å². The van der Waals surface area contributed by atoms with E-state index >= 15 is 0 Å². The van der Waals surface area contributed by atoms with Crippen LogP contribution in [0.1, 0.15) is 19.4 Å². The average molecular weight is 502 g/mol. The zero-order valence-electron chi connectivity index (χ0n) is 18.5. The van der Waals surface area contributed by atoms with E-state index in [4.69, 9.17) is 18.9 Å². The number of halogens is 1. The number of nitrogens with zero attached hydrogens (tertiary/aromatic N) is 1. The van der Waals surface area contributed by atoms with E-state index in [1.54, 1.807) is 44.2 Å². The van der Waals surface area contributed by atoms with Gasteiger partial charge in [-0.2, -0.15) is 0 Å². The summed E-state index contributed by atoms with van der Waals surface area (Å²) in [6, 6.07) is 10.7. The second kappa shape index (κ2) is 9.91. The number of esters is 1. The van der Waals surface area contributed by atoms with Gasteiger partial charge in [0.25, 0.3) is 5.91 Å². The summed E-state index contributed by atoms with van der Waals surface area (Å²) in [4.78, 5) is 27.8. The largest absolute Gasteiger partial charge is 0.493 e. The molecule has 0 N–H and O–H groups in total. The lowest BCUT2D eigenvalue weighted by Gasteiger charge is -2.18. The molecule has 3 rings (SSSR count). The predicted octanol–water partition coefficient (Wildman–Crippen LogP) is 4.74. The molecule has 0 atom stereocenters. The normalized spacial score (nSPS) is 14.8. The first-order valence-corrected chi connectivity index (χ1v) is 10.7. The Bertz CT molecular complexity index is 1080. The van der Waals surface area contributed by atoms with E-state index < -0.39 is 5.97 Å². The number of amides is 1. The Morgan fingerprint density at radius 1 is 1.03 bits per heavy atom. The van der Waals surface area contributed by atoms with Crippen LogP contribution in [-0.4, -0.2) is 39.8 Å². The number of hydrogen-bond donors (Lipinski definition) is 0. The molecule has 0 aliphatic carbocycles. The van der Waals surface area contributed by atoms with E-state index in [0.29, 0.717) is 34.2 Å². The summed E-state index contributed by atoms with van der Waals surface area (Å²) < 4.78 is 22.3. The van der Waals surface area contributed by atoms with Crippen molar-refractivity contribution in [1.82, 2.24) is 0 Å². The summed E-state index contributed by atoms with van der Waals surface area (Å²) in [6.07, 6.45) is 1.63. The summed E-state index contributed by atoms with van der Waals surface area (Å²) in [7, 11) is 4.54. The van der Waals surface area contributed by atoms with Crippen molar-refractivity contribution in [3.05, 3.63) is 63.3 Å². The van der Waals surface area contributed by atoms with Gasteiger partial charge in [-0.3, -0.25) is 9.69 Å². The maximum Gasteiger partial charge on any atom is 0.340 e. The highest BCUT2D eigenvalue weighted by Gasteiger charge is 2.38. The van der Waals surface area contributed by atoms with Gasteiger partial charge in [-0.05, 0) is 61.9 Å². The van der Waals surface area contributed by atoms with Crippen molar-refractivity contribution in [1.29, 1.82) is 0 Å². The molecule has 0 fully saturated rings. The van der Waals surface area contributed by atoms with Gasteiger partial charge in [-0.25, -0.2) is 4.79 Å². The summed E-state index contributed by atoms with van der Waals surface area (Å²) in [5, 5.41) is 0. The SMILES string of the molecule is CCOC(=O)C1=C(C)N(c2ccc(Br)cc2)C(=O)C1=Cc1cc(OC)c(OC)c(OC)c1. The molecule has 8 heteroatoms. The van der Waals surface area contributed by atoms with Crippen LogP contribution in [-0.2, 0) is 14.3 Å². The molecule has 0 spiro atoms. The molecule has 32 heavy (non-hydrogen) atoms. The highest BCUT2D eigenvalue weighted by molar-refractivity contribution is 9.10. The van der Waals surface area contributed by atoms with Gasteiger partial charge in [0.05, 0.1) is 39.1 Å². The van der Waals surface area contributed by atoms with Crippen LogP contribution in [0.2, 0.25) is 0 Å². The van der Waals surface area contributed by atoms with Crippen LogP contribution in [0.4, 0.5) is 5.69 Å².